The average Bonchev–Trinajstić information content (AvgIpc) is 2.76. The minimum Gasteiger partial charge on any atom is -0.481 e. The summed E-state index contributed by atoms with van der Waals surface area (Å²) in [6.45, 7) is 6.57. The minimum atomic E-state index is -3.86. The van der Waals surface area contributed by atoms with Crippen molar-refractivity contribution in [3.05, 3.63) is 82.9 Å². The number of carbonyl (C=O) groups is 1. The second-order valence-electron chi connectivity index (χ2n) is 9.89. The van der Waals surface area contributed by atoms with Gasteiger partial charge in [0.25, 0.3) is 0 Å². The molecule has 2 atom stereocenters. The molecule has 35 heavy (non-hydrogen) atoms. The molecule has 0 spiro atoms. The van der Waals surface area contributed by atoms with Crippen molar-refractivity contribution in [3.63, 3.8) is 0 Å². The molecule has 4 rings (SSSR count). The number of aliphatic hydroxyl groups is 1. The first kappa shape index (κ1) is 25.5. The van der Waals surface area contributed by atoms with E-state index in [1.54, 1.807) is 44.2 Å². The van der Waals surface area contributed by atoms with Crippen molar-refractivity contribution in [1.29, 1.82) is 0 Å². The standard InChI is InChI=1S/C26H29F2NO5S/c1-16(2)26(32)14-25(15-26,24(30)31)20-12-21(27)19(11-22(20)28)13-29-17(3)9-10-23(35(29,33)34)18-7-5-4-6-8-18/h4-8,11-12,17,23,32H,1,9-10,13-15H2,2-3H3,(H,30,31)/t17-,23+,25?,26?/m0/s1. The Kier molecular flexibility index (Phi) is 6.40. The van der Waals surface area contributed by atoms with Crippen molar-refractivity contribution in [1.82, 2.24) is 4.31 Å². The second-order valence-corrected chi connectivity index (χ2v) is 12.0. The highest BCUT2D eigenvalue weighted by molar-refractivity contribution is 7.89. The number of aliphatic carboxylic acids is 1. The lowest BCUT2D eigenvalue weighted by Crippen LogP contribution is -2.59. The van der Waals surface area contributed by atoms with Gasteiger partial charge in [0, 0.05) is 36.6 Å². The number of rotatable bonds is 6. The molecular formula is C26H29F2NO5S. The van der Waals surface area contributed by atoms with Crippen molar-refractivity contribution in [2.75, 3.05) is 0 Å². The second kappa shape index (κ2) is 8.80. The maximum absolute atomic E-state index is 15.2. The lowest BCUT2D eigenvalue weighted by molar-refractivity contribution is -0.160. The van der Waals surface area contributed by atoms with E-state index in [2.05, 4.69) is 6.58 Å². The molecule has 1 heterocycles. The van der Waals surface area contributed by atoms with Crippen LogP contribution in [0.2, 0.25) is 0 Å². The molecule has 6 nitrogen and oxygen atoms in total. The number of benzene rings is 2. The van der Waals surface area contributed by atoms with E-state index in [1.165, 1.54) is 4.31 Å². The summed E-state index contributed by atoms with van der Waals surface area (Å²) in [5, 5.41) is 19.6. The van der Waals surface area contributed by atoms with Crippen molar-refractivity contribution >= 4 is 16.0 Å². The molecule has 2 aliphatic rings. The summed E-state index contributed by atoms with van der Waals surface area (Å²) in [4.78, 5) is 12.1. The largest absolute Gasteiger partial charge is 0.481 e. The monoisotopic (exact) mass is 505 g/mol. The van der Waals surface area contributed by atoms with Crippen molar-refractivity contribution < 1.29 is 32.2 Å². The van der Waals surface area contributed by atoms with Crippen LogP contribution in [0, 0.1) is 11.6 Å². The summed E-state index contributed by atoms with van der Waals surface area (Å²) in [6, 6.07) is 10.1. The lowest BCUT2D eigenvalue weighted by Gasteiger charge is -2.51. The third kappa shape index (κ3) is 4.19. The summed E-state index contributed by atoms with van der Waals surface area (Å²) in [5.74, 6) is -3.21. The van der Waals surface area contributed by atoms with Gasteiger partial charge in [0.15, 0.2) is 0 Å². The molecule has 0 radical (unpaired) electrons. The molecule has 0 unspecified atom stereocenters. The van der Waals surface area contributed by atoms with Crippen LogP contribution in [0.3, 0.4) is 0 Å². The molecule has 2 N–H and O–H groups in total. The first-order valence-electron chi connectivity index (χ1n) is 11.5. The van der Waals surface area contributed by atoms with Crippen LogP contribution in [0.5, 0.6) is 0 Å². The van der Waals surface area contributed by atoms with E-state index in [0.29, 0.717) is 24.0 Å². The molecule has 2 aromatic carbocycles. The third-order valence-electron chi connectivity index (χ3n) is 7.57. The Hall–Kier alpha value is -2.62. The smallest absolute Gasteiger partial charge is 0.314 e. The number of hydrogen-bond donors (Lipinski definition) is 2. The highest BCUT2D eigenvalue weighted by Crippen LogP contribution is 2.54. The number of sulfonamides is 1. The Morgan fingerprint density at radius 1 is 1.14 bits per heavy atom. The van der Waals surface area contributed by atoms with E-state index in [4.69, 9.17) is 0 Å². The van der Waals surface area contributed by atoms with E-state index in [0.717, 1.165) is 12.1 Å². The van der Waals surface area contributed by atoms with Crippen molar-refractivity contribution in [2.45, 2.75) is 68.4 Å². The van der Waals surface area contributed by atoms with Crippen LogP contribution >= 0.6 is 0 Å². The molecule has 1 aliphatic carbocycles. The van der Waals surface area contributed by atoms with E-state index in [1.807, 2.05) is 0 Å². The van der Waals surface area contributed by atoms with Crippen LogP contribution in [0.15, 0.2) is 54.6 Å². The van der Waals surface area contributed by atoms with Gasteiger partial charge in [0.1, 0.15) is 22.3 Å². The first-order valence-corrected chi connectivity index (χ1v) is 13.0. The highest BCUT2D eigenvalue weighted by atomic mass is 32.2. The van der Waals surface area contributed by atoms with Gasteiger partial charge in [-0.25, -0.2) is 17.2 Å². The van der Waals surface area contributed by atoms with E-state index in [-0.39, 0.29) is 30.5 Å². The maximum Gasteiger partial charge on any atom is 0.314 e. The van der Waals surface area contributed by atoms with E-state index >= 15 is 8.78 Å². The normalized spacial score (nSPS) is 30.4. The Labute approximate surface area is 203 Å². The zero-order valence-corrected chi connectivity index (χ0v) is 20.5. The molecule has 1 aliphatic heterocycles. The quantitative estimate of drug-likeness (QED) is 0.566. The van der Waals surface area contributed by atoms with Gasteiger partial charge in [-0.1, -0.05) is 36.9 Å². The van der Waals surface area contributed by atoms with Crippen molar-refractivity contribution in [2.24, 2.45) is 0 Å². The van der Waals surface area contributed by atoms with Crippen LogP contribution in [0.4, 0.5) is 8.78 Å². The number of carboxylic acid groups (broad SMARTS) is 1. The molecule has 1 saturated heterocycles. The predicted octanol–water partition coefficient (Wildman–Crippen LogP) is 4.44. The molecule has 2 aromatic rings. The minimum absolute atomic E-state index is 0.176. The van der Waals surface area contributed by atoms with Crippen LogP contribution in [-0.2, 0) is 26.8 Å². The number of carboxylic acids is 1. The molecule has 188 valence electrons. The van der Waals surface area contributed by atoms with Crippen LogP contribution in [-0.4, -0.2) is 40.5 Å². The van der Waals surface area contributed by atoms with Crippen molar-refractivity contribution in [3.8, 4) is 0 Å². The Morgan fingerprint density at radius 3 is 2.34 bits per heavy atom. The highest BCUT2D eigenvalue weighted by Gasteiger charge is 2.61. The summed E-state index contributed by atoms with van der Waals surface area (Å²) >= 11 is 0. The van der Waals surface area contributed by atoms with Gasteiger partial charge in [-0.05, 0) is 50.0 Å². The van der Waals surface area contributed by atoms with Gasteiger partial charge >= 0.3 is 5.97 Å². The van der Waals surface area contributed by atoms with Gasteiger partial charge in [0.2, 0.25) is 10.0 Å². The number of halogens is 2. The topological polar surface area (TPSA) is 94.9 Å². The fraction of sp³-hybridized carbons (Fsp3) is 0.423. The average molecular weight is 506 g/mol. The molecule has 0 bridgehead atoms. The zero-order chi connectivity index (χ0) is 25.8. The first-order chi connectivity index (χ1) is 16.3. The predicted molar refractivity (Wildman–Crippen MR) is 127 cm³/mol. The van der Waals surface area contributed by atoms with Gasteiger partial charge in [0.05, 0.1) is 5.60 Å². The molecule has 0 aromatic heterocycles. The number of hydrogen-bond acceptors (Lipinski definition) is 4. The Morgan fingerprint density at radius 2 is 1.77 bits per heavy atom. The van der Waals surface area contributed by atoms with Crippen LogP contribution in [0.25, 0.3) is 0 Å². The van der Waals surface area contributed by atoms with Gasteiger partial charge in [-0.3, -0.25) is 4.79 Å². The van der Waals surface area contributed by atoms with E-state index in [9.17, 15) is 23.4 Å². The fourth-order valence-electron chi connectivity index (χ4n) is 5.30. The molecule has 1 saturated carbocycles. The summed E-state index contributed by atoms with van der Waals surface area (Å²) in [7, 11) is -3.86. The van der Waals surface area contributed by atoms with Crippen LogP contribution < -0.4 is 0 Å². The Balaban J connectivity index is 1.66. The Bertz CT molecular complexity index is 1270. The fourth-order valence-corrected chi connectivity index (χ4v) is 7.49. The summed E-state index contributed by atoms with van der Waals surface area (Å²) in [5.41, 5.74) is -2.81. The summed E-state index contributed by atoms with van der Waals surface area (Å²) < 4.78 is 58.5. The molecule has 2 fully saturated rings. The van der Waals surface area contributed by atoms with Gasteiger partial charge < -0.3 is 10.2 Å². The maximum atomic E-state index is 15.2. The summed E-state index contributed by atoms with van der Waals surface area (Å²) in [6.07, 6.45) is 0.336. The third-order valence-corrected chi connectivity index (χ3v) is 9.94. The SMILES string of the molecule is C=C(C)C1(O)CC(C(=O)O)(c2cc(F)c(CN3[C@@H](C)CC[C@H](c4ccccc4)S3(=O)=O)cc2F)C1. The van der Waals surface area contributed by atoms with Gasteiger partial charge in [-0.15, -0.1) is 0 Å². The van der Waals surface area contributed by atoms with Gasteiger partial charge in [-0.2, -0.15) is 4.31 Å². The molecule has 0 amide bonds. The lowest BCUT2D eigenvalue weighted by atomic mass is 9.54. The molecular weight excluding hydrogens is 476 g/mol. The van der Waals surface area contributed by atoms with Crippen LogP contribution in [0.1, 0.15) is 61.5 Å². The van der Waals surface area contributed by atoms with E-state index < -0.39 is 49.9 Å². The molecule has 9 heteroatoms. The zero-order valence-electron chi connectivity index (χ0n) is 19.7. The number of nitrogens with zero attached hydrogens (tertiary/aromatic N) is 1.